The van der Waals surface area contributed by atoms with Gasteiger partial charge >= 0.3 is 0 Å². The van der Waals surface area contributed by atoms with Gasteiger partial charge in [-0.2, -0.15) is 0 Å². The number of hydrogen-bond acceptors (Lipinski definition) is 1. The molecule has 3 heteroatoms. The predicted molar refractivity (Wildman–Crippen MR) is 139 cm³/mol. The number of hydrogen-bond donors (Lipinski definition) is 0. The largest absolute Gasteiger partial charge is 0.457 e. The van der Waals surface area contributed by atoms with Crippen molar-refractivity contribution in [3.63, 3.8) is 0 Å². The first-order valence-corrected chi connectivity index (χ1v) is 16.5. The Kier molecular flexibility index (Phi) is 5.82. The van der Waals surface area contributed by atoms with Gasteiger partial charge in [-0.05, 0) is 69.0 Å². The van der Waals surface area contributed by atoms with Crippen molar-refractivity contribution in [1.29, 1.82) is 0 Å². The van der Waals surface area contributed by atoms with Gasteiger partial charge in [-0.25, -0.2) is 0 Å². The second kappa shape index (κ2) is 8.10. The highest BCUT2D eigenvalue weighted by molar-refractivity contribution is 6.80. The summed E-state index contributed by atoms with van der Waals surface area (Å²) in [6.07, 6.45) is 1.13. The van der Waals surface area contributed by atoms with Gasteiger partial charge in [0.1, 0.15) is 0 Å². The summed E-state index contributed by atoms with van der Waals surface area (Å²) < 4.78 is 7.16. The summed E-state index contributed by atoms with van der Waals surface area (Å²) in [6, 6.07) is 24.4. The van der Waals surface area contributed by atoms with Crippen molar-refractivity contribution in [1.82, 2.24) is 0 Å². The molecule has 0 saturated carbocycles. The van der Waals surface area contributed by atoms with Crippen LogP contribution in [0.5, 0.6) is 0 Å². The normalized spacial score (nSPS) is 15.8. The lowest BCUT2D eigenvalue weighted by Gasteiger charge is -2.41. The standard InChI is InChI=1S/C27H36OSi2/c1-7-27(5,29(6)28-30(8-2,9-3)10-4)24-19-17-22-15-14-20-12-11-13-21-16-18-23(24)26(22)25(20)21/h11-19,29H,7-10H2,1-6H3. The minimum Gasteiger partial charge on any atom is -0.457 e. The molecule has 2 unspecified atom stereocenters. The number of benzene rings is 4. The van der Waals surface area contributed by atoms with E-state index in [9.17, 15) is 0 Å². The maximum atomic E-state index is 7.16. The average Bonchev–Trinajstić information content (AvgIpc) is 2.80. The van der Waals surface area contributed by atoms with Gasteiger partial charge in [0, 0.05) is 5.04 Å². The molecule has 0 spiro atoms. The third kappa shape index (κ3) is 3.22. The van der Waals surface area contributed by atoms with Crippen LogP contribution in [-0.4, -0.2) is 17.4 Å². The second-order valence-corrected chi connectivity index (χ2v) is 17.2. The summed E-state index contributed by atoms with van der Waals surface area (Å²) >= 11 is 0. The van der Waals surface area contributed by atoms with Crippen LogP contribution in [0.1, 0.15) is 46.6 Å². The van der Waals surface area contributed by atoms with Crippen LogP contribution in [-0.2, 0) is 9.15 Å². The molecule has 158 valence electrons. The van der Waals surface area contributed by atoms with Crippen LogP contribution in [0.3, 0.4) is 0 Å². The van der Waals surface area contributed by atoms with Crippen molar-refractivity contribution in [2.45, 2.75) is 70.8 Å². The minimum absolute atomic E-state index is 0.125. The van der Waals surface area contributed by atoms with Crippen molar-refractivity contribution >= 4 is 49.7 Å². The van der Waals surface area contributed by atoms with Crippen molar-refractivity contribution in [2.75, 3.05) is 0 Å². The van der Waals surface area contributed by atoms with E-state index in [4.69, 9.17) is 4.12 Å². The Morgan fingerprint density at radius 3 is 1.87 bits per heavy atom. The van der Waals surface area contributed by atoms with Gasteiger partial charge in [0.15, 0.2) is 17.4 Å². The highest BCUT2D eigenvalue weighted by Gasteiger charge is 2.40. The molecule has 0 aliphatic heterocycles. The Balaban J connectivity index is 1.91. The molecule has 2 atom stereocenters. The lowest BCUT2D eigenvalue weighted by Crippen LogP contribution is -2.49. The van der Waals surface area contributed by atoms with Crippen LogP contribution < -0.4 is 0 Å². The summed E-state index contributed by atoms with van der Waals surface area (Å²) in [5.41, 5.74) is 1.50. The summed E-state index contributed by atoms with van der Waals surface area (Å²) in [6.45, 7) is 14.3. The Morgan fingerprint density at radius 2 is 1.30 bits per heavy atom. The Bertz CT molecular complexity index is 1140. The van der Waals surface area contributed by atoms with E-state index >= 15 is 0 Å². The predicted octanol–water partition coefficient (Wildman–Crippen LogP) is 8.17. The van der Waals surface area contributed by atoms with Gasteiger partial charge in [-0.15, -0.1) is 0 Å². The fourth-order valence-electron chi connectivity index (χ4n) is 5.44. The molecular weight excluding hydrogens is 396 g/mol. The monoisotopic (exact) mass is 432 g/mol. The molecule has 0 fully saturated rings. The molecule has 0 aromatic heterocycles. The van der Waals surface area contributed by atoms with Crippen LogP contribution in [0, 0.1) is 0 Å². The van der Waals surface area contributed by atoms with Crippen molar-refractivity contribution in [3.8, 4) is 0 Å². The van der Waals surface area contributed by atoms with Crippen LogP contribution >= 0.6 is 0 Å². The SMILES string of the molecule is CCC(C)(c1ccc2ccc3cccc4ccc1c2c34)[SiH](C)O[Si](CC)(CC)CC. The van der Waals surface area contributed by atoms with Crippen LogP contribution in [0.25, 0.3) is 32.3 Å². The third-order valence-electron chi connectivity index (χ3n) is 8.14. The first-order valence-electron chi connectivity index (χ1n) is 11.8. The minimum atomic E-state index is -1.61. The molecule has 4 rings (SSSR count). The van der Waals surface area contributed by atoms with E-state index in [1.807, 2.05) is 0 Å². The van der Waals surface area contributed by atoms with E-state index in [0.717, 1.165) is 6.42 Å². The first kappa shape index (κ1) is 21.5. The van der Waals surface area contributed by atoms with Gasteiger partial charge in [0.2, 0.25) is 0 Å². The first-order chi connectivity index (χ1) is 14.4. The van der Waals surface area contributed by atoms with E-state index < -0.39 is 17.4 Å². The van der Waals surface area contributed by atoms with E-state index in [1.165, 1.54) is 56.0 Å². The van der Waals surface area contributed by atoms with Gasteiger partial charge in [-0.3, -0.25) is 0 Å². The lowest BCUT2D eigenvalue weighted by molar-refractivity contribution is 0.477. The zero-order valence-electron chi connectivity index (χ0n) is 19.5. The topological polar surface area (TPSA) is 9.23 Å². The molecule has 4 aromatic carbocycles. The molecule has 0 amide bonds. The molecule has 4 aromatic rings. The van der Waals surface area contributed by atoms with Crippen molar-refractivity contribution in [2.24, 2.45) is 0 Å². The molecule has 0 saturated heterocycles. The van der Waals surface area contributed by atoms with E-state index in [0.29, 0.717) is 0 Å². The maximum Gasteiger partial charge on any atom is 0.178 e. The van der Waals surface area contributed by atoms with Gasteiger partial charge in [0.25, 0.3) is 0 Å². The highest BCUT2D eigenvalue weighted by Crippen LogP contribution is 2.42. The van der Waals surface area contributed by atoms with Gasteiger partial charge in [0.05, 0.1) is 0 Å². The van der Waals surface area contributed by atoms with Crippen LogP contribution in [0.4, 0.5) is 0 Å². The fourth-order valence-corrected chi connectivity index (χ4v) is 14.2. The molecule has 1 nitrogen and oxygen atoms in total. The fraction of sp³-hybridized carbons (Fsp3) is 0.407. The highest BCUT2D eigenvalue weighted by atomic mass is 28.4. The Morgan fingerprint density at radius 1 is 0.767 bits per heavy atom. The van der Waals surface area contributed by atoms with Gasteiger partial charge < -0.3 is 4.12 Å². The molecule has 0 bridgehead atoms. The van der Waals surface area contributed by atoms with E-state index in [1.54, 1.807) is 0 Å². The summed E-state index contributed by atoms with van der Waals surface area (Å²) in [7, 11) is -3.08. The summed E-state index contributed by atoms with van der Waals surface area (Å²) in [5, 5.41) is 8.46. The average molecular weight is 433 g/mol. The third-order valence-corrected chi connectivity index (χ3v) is 17.9. The molecular formula is C27H36OSi2. The van der Waals surface area contributed by atoms with E-state index in [-0.39, 0.29) is 5.04 Å². The smallest absolute Gasteiger partial charge is 0.178 e. The number of rotatable bonds is 8. The van der Waals surface area contributed by atoms with Crippen molar-refractivity contribution < 1.29 is 4.12 Å². The second-order valence-electron chi connectivity index (χ2n) is 9.24. The van der Waals surface area contributed by atoms with Gasteiger partial charge in [-0.1, -0.05) is 89.2 Å². The summed E-state index contributed by atoms with van der Waals surface area (Å²) in [4.78, 5) is 0. The lowest BCUT2D eigenvalue weighted by atomic mass is 9.87. The zero-order chi connectivity index (χ0) is 21.5. The van der Waals surface area contributed by atoms with Crippen LogP contribution in [0.15, 0.2) is 54.6 Å². The zero-order valence-corrected chi connectivity index (χ0v) is 21.7. The molecule has 0 heterocycles. The molecule has 30 heavy (non-hydrogen) atoms. The Labute approximate surface area is 184 Å². The maximum absolute atomic E-state index is 7.16. The Hall–Kier alpha value is -1.69. The quantitative estimate of drug-likeness (QED) is 0.201. The van der Waals surface area contributed by atoms with E-state index in [2.05, 4.69) is 95.8 Å². The molecule has 0 radical (unpaired) electrons. The van der Waals surface area contributed by atoms with Crippen molar-refractivity contribution in [3.05, 3.63) is 60.2 Å². The molecule has 0 aliphatic carbocycles. The van der Waals surface area contributed by atoms with Crippen LogP contribution in [0.2, 0.25) is 24.7 Å². The molecule has 0 N–H and O–H groups in total. The summed E-state index contributed by atoms with van der Waals surface area (Å²) in [5.74, 6) is 0. The molecule has 0 aliphatic rings.